The van der Waals surface area contributed by atoms with Crippen molar-refractivity contribution in [3.8, 4) is 11.5 Å². The minimum Gasteiger partial charge on any atom is -0.507 e. The molecule has 1 aromatic heterocycles. The molecule has 0 radical (unpaired) electrons. The van der Waals surface area contributed by atoms with Gasteiger partial charge >= 0.3 is 5.97 Å². The van der Waals surface area contributed by atoms with Crippen molar-refractivity contribution in [3.05, 3.63) is 30.0 Å². The van der Waals surface area contributed by atoms with Gasteiger partial charge in [-0.05, 0) is 6.07 Å². The molecule has 1 aromatic carbocycles. The molecule has 0 spiro atoms. The summed E-state index contributed by atoms with van der Waals surface area (Å²) in [6.45, 7) is 0.125. The number of ketones is 1. The maximum Gasteiger partial charge on any atom is 0.376 e. The second-order valence-corrected chi connectivity index (χ2v) is 4.58. The van der Waals surface area contributed by atoms with Crippen LogP contribution in [0, 0.1) is 0 Å². The number of hydrogen-bond donors (Lipinski definition) is 2. The van der Waals surface area contributed by atoms with Crippen LogP contribution in [0.15, 0.2) is 24.4 Å². The third kappa shape index (κ3) is 2.08. The number of carboxylic acids is 1. The van der Waals surface area contributed by atoms with E-state index in [9.17, 15) is 14.7 Å². The van der Waals surface area contributed by atoms with Gasteiger partial charge in [-0.2, -0.15) is 0 Å². The predicted octanol–water partition coefficient (Wildman–Crippen LogP) is 1.46. The summed E-state index contributed by atoms with van der Waals surface area (Å²) in [7, 11) is 1.76. The second-order valence-electron chi connectivity index (χ2n) is 4.58. The first-order chi connectivity index (χ1) is 9.97. The maximum absolute atomic E-state index is 11.2. The van der Waals surface area contributed by atoms with E-state index in [1.807, 2.05) is 0 Å². The van der Waals surface area contributed by atoms with Crippen LogP contribution in [0.25, 0.3) is 16.7 Å². The van der Waals surface area contributed by atoms with Gasteiger partial charge in [0.05, 0.1) is 5.52 Å². The van der Waals surface area contributed by atoms with Crippen LogP contribution in [0.1, 0.15) is 5.56 Å². The van der Waals surface area contributed by atoms with Crippen molar-refractivity contribution >= 4 is 28.4 Å². The molecule has 0 saturated heterocycles. The van der Waals surface area contributed by atoms with E-state index in [1.54, 1.807) is 29.9 Å². The third-order valence-corrected chi connectivity index (χ3v) is 3.24. The van der Waals surface area contributed by atoms with E-state index in [2.05, 4.69) is 0 Å². The third-order valence-electron chi connectivity index (χ3n) is 3.24. The molecular weight excluding hydrogens is 278 g/mol. The average Bonchev–Trinajstić information content (AvgIpc) is 3.01. The van der Waals surface area contributed by atoms with Crippen LogP contribution in [0.4, 0.5) is 0 Å². The lowest BCUT2D eigenvalue weighted by Gasteiger charge is -2.00. The van der Waals surface area contributed by atoms with Crippen molar-refractivity contribution in [1.29, 1.82) is 0 Å². The molecule has 1 aliphatic rings. The van der Waals surface area contributed by atoms with E-state index >= 15 is 0 Å². The zero-order valence-corrected chi connectivity index (χ0v) is 11.0. The number of benzene rings is 1. The number of fused-ring (bicyclic) bond motifs is 2. The monoisotopic (exact) mass is 289 g/mol. The summed E-state index contributed by atoms with van der Waals surface area (Å²) < 4.78 is 12.3. The van der Waals surface area contributed by atoms with E-state index in [4.69, 9.17) is 14.6 Å². The van der Waals surface area contributed by atoms with Gasteiger partial charge in [-0.3, -0.25) is 4.79 Å². The number of aryl methyl sites for hydroxylation is 1. The quantitative estimate of drug-likeness (QED) is 0.504. The molecule has 108 valence electrons. The van der Waals surface area contributed by atoms with Gasteiger partial charge in [-0.25, -0.2) is 4.79 Å². The Balaban J connectivity index is 2.15. The molecule has 0 bridgehead atoms. The lowest BCUT2D eigenvalue weighted by molar-refractivity contribution is -0.146. The fraction of sp³-hybridized carbons (Fsp3) is 0.143. The first-order valence-corrected chi connectivity index (χ1v) is 6.04. The Labute approximate surface area is 118 Å². The van der Waals surface area contributed by atoms with E-state index < -0.39 is 17.5 Å². The number of carbonyl (C=O) groups is 2. The highest BCUT2D eigenvalue weighted by molar-refractivity contribution is 6.38. The highest BCUT2D eigenvalue weighted by Crippen LogP contribution is 2.38. The van der Waals surface area contributed by atoms with Crippen LogP contribution >= 0.6 is 0 Å². The Hall–Kier alpha value is -2.96. The number of hydrogen-bond acceptors (Lipinski definition) is 5. The minimum absolute atomic E-state index is 0.125. The molecule has 3 rings (SSSR count). The number of aromatic nitrogens is 1. The summed E-state index contributed by atoms with van der Waals surface area (Å²) in [5, 5.41) is 19.2. The highest BCUT2D eigenvalue weighted by Gasteiger charge is 2.20. The number of rotatable bonds is 3. The molecule has 2 heterocycles. The van der Waals surface area contributed by atoms with Crippen molar-refractivity contribution in [2.45, 2.75) is 0 Å². The Morgan fingerprint density at radius 1 is 1.24 bits per heavy atom. The summed E-state index contributed by atoms with van der Waals surface area (Å²) in [5.74, 6) is -2.09. The summed E-state index contributed by atoms with van der Waals surface area (Å²) in [5.41, 5.74) is 1.11. The topological polar surface area (TPSA) is 98.0 Å². The first-order valence-electron chi connectivity index (χ1n) is 6.04. The zero-order valence-electron chi connectivity index (χ0n) is 11.0. The average molecular weight is 289 g/mol. The SMILES string of the molecule is Cn1cc(/C(O)=C/C(=O)C(=O)O)c2cc3c(cc21)OCO3. The smallest absolute Gasteiger partial charge is 0.376 e. The molecule has 0 atom stereocenters. The molecule has 7 heteroatoms. The second kappa shape index (κ2) is 4.55. The number of nitrogens with zero attached hydrogens (tertiary/aromatic N) is 1. The summed E-state index contributed by atoms with van der Waals surface area (Å²) in [6, 6.07) is 3.44. The van der Waals surface area contributed by atoms with Crippen molar-refractivity contribution < 1.29 is 29.3 Å². The van der Waals surface area contributed by atoms with Gasteiger partial charge in [0.1, 0.15) is 5.76 Å². The van der Waals surface area contributed by atoms with Crippen LogP contribution in [0.5, 0.6) is 11.5 Å². The molecule has 0 amide bonds. The summed E-state index contributed by atoms with van der Waals surface area (Å²) in [6.07, 6.45) is 2.28. The van der Waals surface area contributed by atoms with E-state index in [1.165, 1.54) is 0 Å². The Kier molecular flexibility index (Phi) is 2.83. The maximum atomic E-state index is 11.2. The number of aliphatic carboxylic acids is 1. The summed E-state index contributed by atoms with van der Waals surface area (Å²) in [4.78, 5) is 21.7. The zero-order chi connectivity index (χ0) is 15.1. The largest absolute Gasteiger partial charge is 0.507 e. The van der Waals surface area contributed by atoms with Crippen LogP contribution in [-0.2, 0) is 16.6 Å². The van der Waals surface area contributed by atoms with Gasteiger partial charge in [-0.1, -0.05) is 0 Å². The summed E-state index contributed by atoms with van der Waals surface area (Å²) >= 11 is 0. The van der Waals surface area contributed by atoms with Crippen molar-refractivity contribution in [3.63, 3.8) is 0 Å². The van der Waals surface area contributed by atoms with Gasteiger partial charge in [0.25, 0.3) is 5.78 Å². The highest BCUT2D eigenvalue weighted by atomic mass is 16.7. The van der Waals surface area contributed by atoms with Crippen molar-refractivity contribution in [1.82, 2.24) is 4.57 Å². The number of aliphatic hydroxyl groups excluding tert-OH is 1. The number of carboxylic acid groups (broad SMARTS) is 1. The Morgan fingerprint density at radius 3 is 2.57 bits per heavy atom. The number of ether oxygens (including phenoxy) is 2. The van der Waals surface area contributed by atoms with Crippen LogP contribution in [0.2, 0.25) is 0 Å². The lowest BCUT2D eigenvalue weighted by atomic mass is 10.1. The fourth-order valence-corrected chi connectivity index (χ4v) is 2.24. The molecular formula is C14H11NO6. The Bertz CT molecular complexity index is 801. The molecule has 0 fully saturated rings. The minimum atomic E-state index is -1.63. The standard InChI is InChI=1S/C14H11NO6/c1-15-5-8(10(16)4-11(17)14(18)19)7-2-12-13(3-9(7)15)21-6-20-12/h2-5,16H,6H2,1H3,(H,18,19)/b10-4-. The molecule has 21 heavy (non-hydrogen) atoms. The van der Waals surface area contributed by atoms with Gasteiger partial charge in [0.2, 0.25) is 6.79 Å². The number of aliphatic hydroxyl groups is 1. The van der Waals surface area contributed by atoms with Crippen LogP contribution < -0.4 is 9.47 Å². The molecule has 0 aliphatic carbocycles. The molecule has 0 unspecified atom stereocenters. The Morgan fingerprint density at radius 2 is 1.90 bits per heavy atom. The lowest BCUT2D eigenvalue weighted by Crippen LogP contribution is -2.09. The fourth-order valence-electron chi connectivity index (χ4n) is 2.24. The molecule has 7 nitrogen and oxygen atoms in total. The molecule has 2 aromatic rings. The van der Waals surface area contributed by atoms with Gasteiger partial charge < -0.3 is 24.3 Å². The molecule has 1 aliphatic heterocycles. The molecule has 2 N–H and O–H groups in total. The van der Waals surface area contributed by atoms with Crippen molar-refractivity contribution in [2.75, 3.05) is 6.79 Å². The normalized spacial score (nSPS) is 13.7. The first kappa shape index (κ1) is 13.0. The van der Waals surface area contributed by atoms with Gasteiger partial charge in [-0.15, -0.1) is 0 Å². The van der Waals surface area contributed by atoms with Crippen molar-refractivity contribution in [2.24, 2.45) is 7.05 Å². The van der Waals surface area contributed by atoms with E-state index in [-0.39, 0.29) is 6.79 Å². The van der Waals surface area contributed by atoms with E-state index in [0.29, 0.717) is 28.5 Å². The predicted molar refractivity (Wildman–Crippen MR) is 72.3 cm³/mol. The molecule has 0 saturated carbocycles. The van der Waals surface area contributed by atoms with Gasteiger partial charge in [0.15, 0.2) is 11.5 Å². The van der Waals surface area contributed by atoms with Gasteiger partial charge in [0, 0.05) is 36.3 Å². The van der Waals surface area contributed by atoms with E-state index in [0.717, 1.165) is 5.52 Å². The number of carbonyl (C=O) groups excluding carboxylic acids is 1. The van der Waals surface area contributed by atoms with Crippen LogP contribution in [-0.4, -0.2) is 33.3 Å². The van der Waals surface area contributed by atoms with Crippen LogP contribution in [0.3, 0.4) is 0 Å².